The number of hydrogen-bond acceptors (Lipinski definition) is 2. The van der Waals surface area contributed by atoms with Crippen LogP contribution in [0.1, 0.15) is 16.1 Å². The Morgan fingerprint density at radius 1 is 1.16 bits per heavy atom. The fourth-order valence-corrected chi connectivity index (χ4v) is 2.28. The van der Waals surface area contributed by atoms with Gasteiger partial charge in [0.25, 0.3) is 0 Å². The highest BCUT2D eigenvalue weighted by atomic mass is 79.9. The molecule has 100 valence electrons. The summed E-state index contributed by atoms with van der Waals surface area (Å²) in [4.78, 5) is 16.1. The van der Waals surface area contributed by atoms with Gasteiger partial charge in [-0.2, -0.15) is 0 Å². The molecular weight excluding hydrogens is 438 g/mol. The first-order valence-corrected chi connectivity index (χ1v) is 7.36. The van der Waals surface area contributed by atoms with Gasteiger partial charge >= 0.3 is 0 Å². The second-order valence-corrected chi connectivity index (χ2v) is 5.37. The molecule has 0 aliphatic rings. The van der Waals surface area contributed by atoms with Crippen LogP contribution in [-0.2, 0) is 0 Å². The van der Waals surface area contributed by atoms with Crippen molar-refractivity contribution in [3.8, 4) is 11.3 Å². The zero-order chi connectivity index (χ0) is 13.1. The van der Waals surface area contributed by atoms with Crippen LogP contribution in [0.3, 0.4) is 0 Å². The van der Waals surface area contributed by atoms with Crippen LogP contribution in [0.5, 0.6) is 0 Å². The van der Waals surface area contributed by atoms with Gasteiger partial charge in [-0.3, -0.25) is 9.78 Å². The minimum atomic E-state index is 0. The van der Waals surface area contributed by atoms with E-state index >= 15 is 0 Å². The number of carbonyl (C=O) groups excluding carboxylic acids is 1. The molecule has 2 aromatic rings. The molecule has 0 radical (unpaired) electrons. The third-order valence-electron chi connectivity index (χ3n) is 2.65. The Labute approximate surface area is 139 Å². The molecule has 0 unspecified atom stereocenters. The molecule has 0 aliphatic carbocycles. The van der Waals surface area contributed by atoms with Gasteiger partial charge in [0, 0.05) is 21.3 Å². The summed E-state index contributed by atoms with van der Waals surface area (Å²) in [5.41, 5.74) is 3.36. The Balaban J connectivity index is 0.00000180. The highest BCUT2D eigenvalue weighted by Crippen LogP contribution is 2.21. The minimum absolute atomic E-state index is 0. The highest BCUT2D eigenvalue weighted by Gasteiger charge is 2.09. The predicted molar refractivity (Wildman–Crippen MR) is 90.6 cm³/mol. The van der Waals surface area contributed by atoms with Crippen molar-refractivity contribution < 1.29 is 4.79 Å². The zero-order valence-corrected chi connectivity index (χ0v) is 15.1. The van der Waals surface area contributed by atoms with Crippen molar-refractivity contribution in [3.63, 3.8) is 0 Å². The van der Waals surface area contributed by atoms with Crippen LogP contribution in [0.4, 0.5) is 0 Å². The lowest BCUT2D eigenvalue weighted by atomic mass is 10.1. The van der Waals surface area contributed by atoms with Crippen molar-refractivity contribution >= 4 is 54.6 Å². The van der Waals surface area contributed by atoms with E-state index in [4.69, 9.17) is 0 Å². The summed E-state index contributed by atoms with van der Waals surface area (Å²) < 4.78 is 1.04. The summed E-state index contributed by atoms with van der Waals surface area (Å²) >= 11 is 6.58. The van der Waals surface area contributed by atoms with Crippen LogP contribution in [0.2, 0.25) is 0 Å². The molecule has 0 amide bonds. The summed E-state index contributed by atoms with van der Waals surface area (Å²) in [6, 6.07) is 11.7. The third kappa shape index (κ3) is 3.97. The van der Waals surface area contributed by atoms with Crippen LogP contribution in [0.15, 0.2) is 40.9 Å². The van der Waals surface area contributed by atoms with E-state index in [1.165, 1.54) is 0 Å². The number of carbonyl (C=O) groups is 1. The fraction of sp³-hybridized carbons (Fsp3) is 0.143. The molecule has 0 spiro atoms. The van der Waals surface area contributed by atoms with E-state index in [1.54, 1.807) is 0 Å². The number of aromatic nitrogens is 1. The quantitative estimate of drug-likeness (QED) is 0.489. The predicted octanol–water partition coefficient (Wildman–Crippen LogP) is 4.98. The molecule has 0 atom stereocenters. The van der Waals surface area contributed by atoms with Gasteiger partial charge in [-0.05, 0) is 31.2 Å². The Hall–Kier alpha value is -0.520. The number of benzene rings is 1. The molecule has 1 heterocycles. The first-order chi connectivity index (χ1) is 8.61. The number of Topliss-reactive ketones (excluding diaryl/α,β-unsaturated/α-hetero) is 1. The zero-order valence-electron chi connectivity index (χ0n) is 10.2. The van der Waals surface area contributed by atoms with Gasteiger partial charge in [-0.1, -0.05) is 44.0 Å². The first kappa shape index (κ1) is 16.5. The van der Waals surface area contributed by atoms with E-state index in [0.29, 0.717) is 10.9 Å². The summed E-state index contributed by atoms with van der Waals surface area (Å²) in [7, 11) is 0. The van der Waals surface area contributed by atoms with Gasteiger partial charge < -0.3 is 0 Å². The van der Waals surface area contributed by atoms with E-state index in [1.807, 2.05) is 43.3 Å². The minimum Gasteiger partial charge on any atom is -0.293 e. The molecule has 2 rings (SSSR count). The van der Waals surface area contributed by atoms with Crippen LogP contribution in [0.25, 0.3) is 11.3 Å². The summed E-state index contributed by atoms with van der Waals surface area (Å²) in [6.07, 6.45) is 0. The molecule has 1 aromatic carbocycles. The molecule has 5 heteroatoms. The van der Waals surface area contributed by atoms with Crippen molar-refractivity contribution in [1.82, 2.24) is 4.98 Å². The molecule has 0 bridgehead atoms. The summed E-state index contributed by atoms with van der Waals surface area (Å²) in [5.74, 6) is 0.0577. The maximum Gasteiger partial charge on any atom is 0.175 e. The Morgan fingerprint density at radius 3 is 2.32 bits per heavy atom. The molecule has 0 N–H and O–H groups in total. The van der Waals surface area contributed by atoms with E-state index in [2.05, 4.69) is 36.8 Å². The van der Waals surface area contributed by atoms with Crippen molar-refractivity contribution in [1.29, 1.82) is 0 Å². The molecule has 1 aromatic heterocycles. The van der Waals surface area contributed by atoms with Gasteiger partial charge in [0.1, 0.15) is 0 Å². The lowest BCUT2D eigenvalue weighted by molar-refractivity contribution is 0.102. The molecule has 19 heavy (non-hydrogen) atoms. The molecule has 2 nitrogen and oxygen atoms in total. The molecule has 0 saturated carbocycles. The van der Waals surface area contributed by atoms with Gasteiger partial charge in [-0.25, -0.2) is 0 Å². The number of ketones is 1. The number of pyridine rings is 1. The Bertz CT molecular complexity index is 582. The number of halogens is 3. The maximum absolute atomic E-state index is 11.6. The fourth-order valence-electron chi connectivity index (χ4n) is 1.71. The second-order valence-electron chi connectivity index (χ2n) is 3.89. The maximum atomic E-state index is 11.6. The standard InChI is InChI=1S/C14H11Br2NO.BrH/c1-9-12(14(18)8-15)6-7-13(17-9)10-2-4-11(16)5-3-10;/h2-7H,8H2,1H3;1H. The normalized spacial score (nSPS) is 9.84. The number of hydrogen-bond donors (Lipinski definition) is 0. The summed E-state index contributed by atoms with van der Waals surface area (Å²) in [6.45, 7) is 1.86. The highest BCUT2D eigenvalue weighted by molar-refractivity contribution is 9.10. The Kier molecular flexibility index (Phi) is 6.36. The number of rotatable bonds is 3. The first-order valence-electron chi connectivity index (χ1n) is 5.44. The lowest BCUT2D eigenvalue weighted by Crippen LogP contribution is -2.04. The molecular formula is C14H12Br3NO. The third-order valence-corrected chi connectivity index (χ3v) is 3.69. The van der Waals surface area contributed by atoms with Crippen molar-refractivity contribution in [2.45, 2.75) is 6.92 Å². The SMILES string of the molecule is Br.Cc1nc(-c2ccc(Br)cc2)ccc1C(=O)CBr. The Morgan fingerprint density at radius 2 is 1.79 bits per heavy atom. The second kappa shape index (κ2) is 7.31. The topological polar surface area (TPSA) is 30.0 Å². The van der Waals surface area contributed by atoms with E-state index in [9.17, 15) is 4.79 Å². The van der Waals surface area contributed by atoms with Gasteiger partial charge in [-0.15, -0.1) is 17.0 Å². The molecule has 0 saturated heterocycles. The van der Waals surface area contributed by atoms with Gasteiger partial charge in [0.05, 0.1) is 11.0 Å². The number of nitrogens with zero attached hydrogens (tertiary/aromatic N) is 1. The van der Waals surface area contributed by atoms with E-state index < -0.39 is 0 Å². The average molecular weight is 450 g/mol. The molecule has 0 fully saturated rings. The molecule has 0 aliphatic heterocycles. The lowest BCUT2D eigenvalue weighted by Gasteiger charge is -2.06. The van der Waals surface area contributed by atoms with Crippen molar-refractivity contribution in [3.05, 3.63) is 52.1 Å². The van der Waals surface area contributed by atoms with Crippen LogP contribution < -0.4 is 0 Å². The van der Waals surface area contributed by atoms with Crippen LogP contribution in [-0.4, -0.2) is 16.1 Å². The van der Waals surface area contributed by atoms with Crippen molar-refractivity contribution in [2.75, 3.05) is 5.33 Å². The smallest absolute Gasteiger partial charge is 0.175 e. The largest absolute Gasteiger partial charge is 0.293 e. The number of aryl methyl sites for hydroxylation is 1. The van der Waals surface area contributed by atoms with Gasteiger partial charge in [0.2, 0.25) is 0 Å². The average Bonchev–Trinajstić information content (AvgIpc) is 2.38. The van der Waals surface area contributed by atoms with E-state index in [-0.39, 0.29) is 22.8 Å². The summed E-state index contributed by atoms with van der Waals surface area (Å²) in [5, 5.41) is 0.327. The van der Waals surface area contributed by atoms with Crippen LogP contribution in [0, 0.1) is 6.92 Å². The monoisotopic (exact) mass is 447 g/mol. The van der Waals surface area contributed by atoms with E-state index in [0.717, 1.165) is 21.4 Å². The van der Waals surface area contributed by atoms with Gasteiger partial charge in [0.15, 0.2) is 5.78 Å². The van der Waals surface area contributed by atoms with Crippen LogP contribution >= 0.6 is 48.8 Å². The van der Waals surface area contributed by atoms with Crippen molar-refractivity contribution in [2.24, 2.45) is 0 Å². The number of alkyl halides is 1.